The lowest BCUT2D eigenvalue weighted by molar-refractivity contribution is 0.0702. The number of carbonyl (C=O) groups excluding carboxylic acids is 1. The zero-order valence-electron chi connectivity index (χ0n) is 11.0. The molecule has 1 amide bonds. The van der Waals surface area contributed by atoms with Crippen LogP contribution < -0.4 is 5.32 Å². The molecule has 110 valence electrons. The van der Waals surface area contributed by atoms with E-state index < -0.39 is 11.9 Å². The molecule has 0 unspecified atom stereocenters. The van der Waals surface area contributed by atoms with Gasteiger partial charge in [0.15, 0.2) is 10.9 Å². The number of thiazole rings is 1. The van der Waals surface area contributed by atoms with E-state index >= 15 is 0 Å². The fourth-order valence-electron chi connectivity index (χ4n) is 1.78. The molecule has 0 spiro atoms. The number of rotatable bonds is 4. The van der Waals surface area contributed by atoms with Gasteiger partial charge in [0.25, 0.3) is 5.91 Å². The Labute approximate surface area is 128 Å². The number of carboxylic acids is 1. The van der Waals surface area contributed by atoms with Gasteiger partial charge < -0.3 is 9.52 Å². The van der Waals surface area contributed by atoms with Gasteiger partial charge in [-0.15, -0.1) is 0 Å². The maximum absolute atomic E-state index is 11.9. The molecule has 0 fully saturated rings. The van der Waals surface area contributed by atoms with Crippen molar-refractivity contribution in [3.8, 4) is 11.3 Å². The van der Waals surface area contributed by atoms with E-state index in [2.05, 4.69) is 15.3 Å². The molecule has 0 radical (unpaired) electrons. The van der Waals surface area contributed by atoms with E-state index in [1.165, 1.54) is 18.5 Å². The van der Waals surface area contributed by atoms with Gasteiger partial charge in [0.1, 0.15) is 4.88 Å². The van der Waals surface area contributed by atoms with Crippen molar-refractivity contribution in [2.75, 3.05) is 5.32 Å². The molecule has 0 atom stereocenters. The smallest absolute Gasteiger partial charge is 0.348 e. The van der Waals surface area contributed by atoms with Crippen molar-refractivity contribution in [1.29, 1.82) is 0 Å². The molecule has 0 saturated heterocycles. The van der Waals surface area contributed by atoms with Gasteiger partial charge in [-0.05, 0) is 24.3 Å². The van der Waals surface area contributed by atoms with Gasteiger partial charge in [-0.1, -0.05) is 11.3 Å². The van der Waals surface area contributed by atoms with Crippen LogP contribution in [0.5, 0.6) is 0 Å². The minimum Gasteiger partial charge on any atom is -0.477 e. The topological polar surface area (TPSA) is 105 Å². The fraction of sp³-hybridized carbons (Fsp3) is 0. The highest BCUT2D eigenvalue weighted by Crippen LogP contribution is 2.31. The van der Waals surface area contributed by atoms with Gasteiger partial charge in [0, 0.05) is 18.0 Å². The fourth-order valence-corrected chi connectivity index (χ4v) is 2.61. The number of amides is 1. The first-order chi connectivity index (χ1) is 10.6. The normalized spacial score (nSPS) is 10.4. The second-order valence-electron chi connectivity index (χ2n) is 4.18. The maximum atomic E-state index is 11.9. The first-order valence-electron chi connectivity index (χ1n) is 6.14. The molecule has 0 aliphatic carbocycles. The highest BCUT2D eigenvalue weighted by molar-refractivity contribution is 7.18. The predicted molar refractivity (Wildman–Crippen MR) is 79.0 cm³/mol. The summed E-state index contributed by atoms with van der Waals surface area (Å²) < 4.78 is 4.98. The van der Waals surface area contributed by atoms with Gasteiger partial charge >= 0.3 is 5.97 Å². The zero-order valence-corrected chi connectivity index (χ0v) is 11.8. The van der Waals surface area contributed by atoms with Crippen molar-refractivity contribution in [2.45, 2.75) is 0 Å². The molecule has 0 bridgehead atoms. The third-order valence-corrected chi connectivity index (χ3v) is 3.68. The molecule has 2 N–H and O–H groups in total. The zero-order chi connectivity index (χ0) is 15.5. The van der Waals surface area contributed by atoms with E-state index in [4.69, 9.17) is 4.42 Å². The number of carboxylic acid groups (broad SMARTS) is 1. The van der Waals surface area contributed by atoms with Crippen LogP contribution in [-0.2, 0) is 0 Å². The Hall–Kier alpha value is -3.00. The molecule has 7 nitrogen and oxygen atoms in total. The van der Waals surface area contributed by atoms with E-state index in [0.717, 1.165) is 11.3 Å². The summed E-state index contributed by atoms with van der Waals surface area (Å²) in [5.41, 5.74) is 0.829. The number of anilines is 1. The molecule has 0 aliphatic rings. The summed E-state index contributed by atoms with van der Waals surface area (Å²) in [7, 11) is 0. The average molecular weight is 315 g/mol. The molecule has 0 aliphatic heterocycles. The summed E-state index contributed by atoms with van der Waals surface area (Å²) in [6.07, 6.45) is 4.47. The van der Waals surface area contributed by atoms with Gasteiger partial charge in [0.2, 0.25) is 0 Å². The number of hydrogen-bond donors (Lipinski definition) is 2. The van der Waals surface area contributed by atoms with Crippen molar-refractivity contribution < 1.29 is 19.1 Å². The van der Waals surface area contributed by atoms with Crippen molar-refractivity contribution in [2.24, 2.45) is 0 Å². The molecule has 0 saturated carbocycles. The highest BCUT2D eigenvalue weighted by atomic mass is 32.1. The standard InChI is InChI=1S/C14H9N3O4S/c18-12(9-4-2-6-21-9)17-14-16-10(11(22-14)13(19)20)8-3-1-5-15-7-8/h1-7H,(H,19,20)(H,16,17,18). The molecule has 3 heterocycles. The van der Waals surface area contributed by atoms with Crippen molar-refractivity contribution >= 4 is 28.3 Å². The summed E-state index contributed by atoms with van der Waals surface area (Å²) in [5.74, 6) is -1.49. The lowest BCUT2D eigenvalue weighted by atomic mass is 10.2. The maximum Gasteiger partial charge on any atom is 0.348 e. The number of nitrogens with one attached hydrogen (secondary N) is 1. The Morgan fingerprint density at radius 3 is 2.77 bits per heavy atom. The number of nitrogens with zero attached hydrogens (tertiary/aromatic N) is 2. The second kappa shape index (κ2) is 5.78. The van der Waals surface area contributed by atoms with Crippen LogP contribution in [0.3, 0.4) is 0 Å². The van der Waals surface area contributed by atoms with Gasteiger partial charge in [-0.2, -0.15) is 0 Å². The van der Waals surface area contributed by atoms with E-state index in [9.17, 15) is 14.7 Å². The summed E-state index contributed by atoms with van der Waals surface area (Å²) in [6.45, 7) is 0. The SMILES string of the molecule is O=C(Nc1nc(-c2cccnc2)c(C(=O)O)s1)c1ccco1. The van der Waals surface area contributed by atoms with Crippen LogP contribution in [0.4, 0.5) is 5.13 Å². The largest absolute Gasteiger partial charge is 0.477 e. The third-order valence-electron chi connectivity index (χ3n) is 2.72. The monoisotopic (exact) mass is 315 g/mol. The minimum absolute atomic E-state index is 0.0303. The van der Waals surface area contributed by atoms with E-state index in [0.29, 0.717) is 5.56 Å². The summed E-state index contributed by atoms with van der Waals surface area (Å²) in [6, 6.07) is 6.47. The van der Waals surface area contributed by atoms with E-state index in [-0.39, 0.29) is 21.5 Å². The summed E-state index contributed by atoms with van der Waals surface area (Å²) in [4.78, 5) is 31.4. The van der Waals surface area contributed by atoms with Crippen LogP contribution in [0, 0.1) is 0 Å². The molecular formula is C14H9N3O4S. The van der Waals surface area contributed by atoms with Gasteiger partial charge in [-0.3, -0.25) is 15.1 Å². The van der Waals surface area contributed by atoms with Crippen LogP contribution in [0.15, 0.2) is 47.3 Å². The van der Waals surface area contributed by atoms with Crippen molar-refractivity contribution in [1.82, 2.24) is 9.97 Å². The van der Waals surface area contributed by atoms with Crippen LogP contribution >= 0.6 is 11.3 Å². The third kappa shape index (κ3) is 2.72. The Morgan fingerprint density at radius 1 is 1.27 bits per heavy atom. The van der Waals surface area contributed by atoms with E-state index in [1.54, 1.807) is 24.4 Å². The number of furan rings is 1. The minimum atomic E-state index is -1.12. The first kappa shape index (κ1) is 14.0. The molecule has 0 aromatic carbocycles. The highest BCUT2D eigenvalue weighted by Gasteiger charge is 2.20. The Balaban J connectivity index is 1.94. The number of hydrogen-bond acceptors (Lipinski definition) is 6. The van der Waals surface area contributed by atoms with Crippen molar-refractivity contribution in [3.05, 3.63) is 53.6 Å². The molecule has 3 aromatic heterocycles. The number of carbonyl (C=O) groups is 2. The quantitative estimate of drug-likeness (QED) is 0.767. The van der Waals surface area contributed by atoms with E-state index in [1.807, 2.05) is 0 Å². The van der Waals surface area contributed by atoms with Crippen LogP contribution in [0.2, 0.25) is 0 Å². The Bertz CT molecular complexity index is 812. The van der Waals surface area contributed by atoms with Crippen molar-refractivity contribution in [3.63, 3.8) is 0 Å². The number of aromatic nitrogens is 2. The molecule has 3 rings (SSSR count). The lowest BCUT2D eigenvalue weighted by Gasteiger charge is -1.97. The van der Waals surface area contributed by atoms with Crippen LogP contribution in [0.25, 0.3) is 11.3 Å². The number of aromatic carboxylic acids is 1. The van der Waals surface area contributed by atoms with Crippen LogP contribution in [-0.4, -0.2) is 27.0 Å². The first-order valence-corrected chi connectivity index (χ1v) is 6.96. The lowest BCUT2D eigenvalue weighted by Crippen LogP contribution is -2.10. The Morgan fingerprint density at radius 2 is 2.14 bits per heavy atom. The molecule has 8 heteroatoms. The molecule has 3 aromatic rings. The molecule has 22 heavy (non-hydrogen) atoms. The van der Waals surface area contributed by atoms with Gasteiger partial charge in [0.05, 0.1) is 12.0 Å². The number of pyridine rings is 1. The second-order valence-corrected chi connectivity index (χ2v) is 5.17. The Kier molecular flexibility index (Phi) is 3.67. The summed E-state index contributed by atoms with van der Waals surface area (Å²) in [5, 5.41) is 12.0. The summed E-state index contributed by atoms with van der Waals surface area (Å²) >= 11 is 0.876. The molecular weight excluding hydrogens is 306 g/mol. The predicted octanol–water partition coefficient (Wildman–Crippen LogP) is 2.75. The van der Waals surface area contributed by atoms with Gasteiger partial charge in [-0.25, -0.2) is 9.78 Å². The van der Waals surface area contributed by atoms with Crippen LogP contribution in [0.1, 0.15) is 20.2 Å². The average Bonchev–Trinajstić information content (AvgIpc) is 3.17.